The first-order chi connectivity index (χ1) is 11.3. The fourth-order valence-electron chi connectivity index (χ4n) is 2.61. The number of hydrogen-bond acceptors (Lipinski definition) is 8. The molecule has 1 aliphatic rings. The third-order valence-corrected chi connectivity index (χ3v) is 3.71. The first-order valence-electron chi connectivity index (χ1n) is 7.57. The smallest absolute Gasteiger partial charge is 0.232 e. The SMILES string of the molecule is Cc1nc2ccc(Nc3ncnc(N4CCNCC4)n3)cc2o1. The van der Waals surface area contributed by atoms with Crippen molar-refractivity contribution in [3.05, 3.63) is 30.4 Å². The zero-order valence-electron chi connectivity index (χ0n) is 12.8. The summed E-state index contributed by atoms with van der Waals surface area (Å²) in [7, 11) is 0. The highest BCUT2D eigenvalue weighted by molar-refractivity contribution is 5.78. The molecule has 2 aromatic heterocycles. The molecule has 3 aromatic rings. The quantitative estimate of drug-likeness (QED) is 0.751. The van der Waals surface area contributed by atoms with E-state index in [-0.39, 0.29) is 0 Å². The minimum Gasteiger partial charge on any atom is -0.441 e. The Morgan fingerprint density at radius 1 is 1.17 bits per heavy atom. The van der Waals surface area contributed by atoms with Gasteiger partial charge in [-0.3, -0.25) is 0 Å². The summed E-state index contributed by atoms with van der Waals surface area (Å²) >= 11 is 0. The summed E-state index contributed by atoms with van der Waals surface area (Å²) < 4.78 is 5.55. The van der Waals surface area contributed by atoms with Crippen LogP contribution in [0.5, 0.6) is 0 Å². The second-order valence-electron chi connectivity index (χ2n) is 5.39. The number of aryl methyl sites for hydroxylation is 1. The number of piperazine rings is 1. The first-order valence-corrected chi connectivity index (χ1v) is 7.57. The number of hydrogen-bond donors (Lipinski definition) is 2. The number of anilines is 3. The predicted molar refractivity (Wildman–Crippen MR) is 86.9 cm³/mol. The van der Waals surface area contributed by atoms with Gasteiger partial charge in [-0.25, -0.2) is 15.0 Å². The van der Waals surface area contributed by atoms with Crippen molar-refractivity contribution in [2.75, 3.05) is 36.4 Å². The normalized spacial score (nSPS) is 15.1. The van der Waals surface area contributed by atoms with Gasteiger partial charge in [0.15, 0.2) is 11.5 Å². The van der Waals surface area contributed by atoms with Crippen LogP contribution in [0.25, 0.3) is 11.1 Å². The summed E-state index contributed by atoms with van der Waals surface area (Å²) in [6.45, 7) is 5.50. The van der Waals surface area contributed by atoms with Gasteiger partial charge >= 0.3 is 0 Å². The minimum absolute atomic E-state index is 0.518. The number of fused-ring (bicyclic) bond motifs is 1. The Morgan fingerprint density at radius 3 is 2.91 bits per heavy atom. The molecule has 0 bridgehead atoms. The van der Waals surface area contributed by atoms with E-state index in [0.29, 0.717) is 17.8 Å². The van der Waals surface area contributed by atoms with Crippen molar-refractivity contribution >= 4 is 28.7 Å². The van der Waals surface area contributed by atoms with Gasteiger partial charge in [-0.1, -0.05) is 0 Å². The second-order valence-corrected chi connectivity index (χ2v) is 5.39. The van der Waals surface area contributed by atoms with E-state index in [1.54, 1.807) is 0 Å². The average Bonchev–Trinajstić information content (AvgIpc) is 2.95. The van der Waals surface area contributed by atoms with Crippen LogP contribution in [-0.2, 0) is 0 Å². The van der Waals surface area contributed by atoms with E-state index in [1.165, 1.54) is 6.33 Å². The maximum atomic E-state index is 5.55. The summed E-state index contributed by atoms with van der Waals surface area (Å²) in [6, 6.07) is 5.73. The molecule has 118 valence electrons. The van der Waals surface area contributed by atoms with Crippen molar-refractivity contribution in [2.45, 2.75) is 6.92 Å². The highest BCUT2D eigenvalue weighted by Crippen LogP contribution is 2.22. The molecule has 0 unspecified atom stereocenters. The molecule has 23 heavy (non-hydrogen) atoms. The number of nitrogens with zero attached hydrogens (tertiary/aromatic N) is 5. The van der Waals surface area contributed by atoms with Crippen LogP contribution in [0.2, 0.25) is 0 Å². The molecule has 0 atom stereocenters. The van der Waals surface area contributed by atoms with E-state index in [9.17, 15) is 0 Å². The van der Waals surface area contributed by atoms with Crippen LogP contribution in [0, 0.1) is 6.92 Å². The van der Waals surface area contributed by atoms with E-state index in [0.717, 1.165) is 43.0 Å². The van der Waals surface area contributed by atoms with Crippen LogP contribution in [0.1, 0.15) is 5.89 Å². The predicted octanol–water partition coefficient (Wildman–Crippen LogP) is 1.47. The van der Waals surface area contributed by atoms with Gasteiger partial charge in [0.2, 0.25) is 11.9 Å². The molecule has 1 aromatic carbocycles. The minimum atomic E-state index is 0.518. The highest BCUT2D eigenvalue weighted by atomic mass is 16.3. The van der Waals surface area contributed by atoms with Crippen LogP contribution < -0.4 is 15.5 Å². The molecule has 1 fully saturated rings. The molecular weight excluding hydrogens is 294 g/mol. The molecule has 0 radical (unpaired) electrons. The molecule has 0 saturated carbocycles. The Labute approximate surface area is 133 Å². The van der Waals surface area contributed by atoms with E-state index < -0.39 is 0 Å². The van der Waals surface area contributed by atoms with Crippen LogP contribution >= 0.6 is 0 Å². The lowest BCUT2D eigenvalue weighted by Gasteiger charge is -2.27. The molecule has 2 N–H and O–H groups in total. The fourth-order valence-corrected chi connectivity index (χ4v) is 2.61. The molecule has 3 heterocycles. The number of nitrogens with one attached hydrogen (secondary N) is 2. The van der Waals surface area contributed by atoms with Crippen molar-refractivity contribution < 1.29 is 4.42 Å². The van der Waals surface area contributed by atoms with Crippen molar-refractivity contribution in [1.82, 2.24) is 25.3 Å². The van der Waals surface area contributed by atoms with Crippen molar-refractivity contribution in [3.63, 3.8) is 0 Å². The first kappa shape index (κ1) is 13.9. The Balaban J connectivity index is 1.57. The van der Waals surface area contributed by atoms with Gasteiger partial charge < -0.3 is 20.0 Å². The van der Waals surface area contributed by atoms with Gasteiger partial charge in [0.1, 0.15) is 11.8 Å². The third kappa shape index (κ3) is 2.93. The Morgan fingerprint density at radius 2 is 2.04 bits per heavy atom. The van der Waals surface area contributed by atoms with Crippen LogP contribution in [0.3, 0.4) is 0 Å². The highest BCUT2D eigenvalue weighted by Gasteiger charge is 2.14. The molecule has 1 saturated heterocycles. The lowest BCUT2D eigenvalue weighted by atomic mass is 10.3. The molecule has 0 amide bonds. The van der Waals surface area contributed by atoms with Gasteiger partial charge in [-0.15, -0.1) is 0 Å². The molecule has 8 heteroatoms. The summed E-state index contributed by atoms with van der Waals surface area (Å²) in [5.74, 6) is 1.86. The molecule has 0 spiro atoms. The van der Waals surface area contributed by atoms with E-state index in [4.69, 9.17) is 4.42 Å². The number of rotatable bonds is 3. The summed E-state index contributed by atoms with van der Waals surface area (Å²) in [5.41, 5.74) is 2.43. The second kappa shape index (κ2) is 5.81. The molecule has 0 aliphatic carbocycles. The fraction of sp³-hybridized carbons (Fsp3) is 0.333. The Bertz CT molecular complexity index is 826. The molecule has 1 aliphatic heterocycles. The number of benzene rings is 1. The maximum Gasteiger partial charge on any atom is 0.232 e. The van der Waals surface area contributed by atoms with Crippen molar-refractivity contribution in [2.24, 2.45) is 0 Å². The van der Waals surface area contributed by atoms with Gasteiger partial charge in [-0.2, -0.15) is 4.98 Å². The van der Waals surface area contributed by atoms with Crippen LogP contribution in [0.4, 0.5) is 17.6 Å². The van der Waals surface area contributed by atoms with Crippen molar-refractivity contribution in [3.8, 4) is 0 Å². The lowest BCUT2D eigenvalue weighted by Crippen LogP contribution is -2.44. The van der Waals surface area contributed by atoms with E-state index in [1.807, 2.05) is 25.1 Å². The summed E-state index contributed by atoms with van der Waals surface area (Å²) in [5, 5.41) is 6.51. The molecule has 4 rings (SSSR count). The van der Waals surface area contributed by atoms with Gasteiger partial charge in [-0.05, 0) is 12.1 Å². The van der Waals surface area contributed by atoms with Crippen LogP contribution in [-0.4, -0.2) is 46.1 Å². The monoisotopic (exact) mass is 311 g/mol. The van der Waals surface area contributed by atoms with Gasteiger partial charge in [0.05, 0.1) is 0 Å². The summed E-state index contributed by atoms with van der Waals surface area (Å²) in [6.07, 6.45) is 1.53. The lowest BCUT2D eigenvalue weighted by molar-refractivity contribution is 0.561. The standard InChI is InChI=1S/C15H17N7O/c1-10-19-12-3-2-11(8-13(12)23-10)20-14-17-9-18-15(21-14)22-6-4-16-5-7-22/h2-3,8-9,16H,4-7H2,1H3,(H,17,18,20,21). The molecular formula is C15H17N7O. The number of aromatic nitrogens is 4. The third-order valence-electron chi connectivity index (χ3n) is 3.71. The topological polar surface area (TPSA) is 92.0 Å². The number of oxazole rings is 1. The Kier molecular flexibility index (Phi) is 3.51. The Hall–Kier alpha value is -2.74. The van der Waals surface area contributed by atoms with Gasteiger partial charge in [0.25, 0.3) is 0 Å². The zero-order chi connectivity index (χ0) is 15.6. The van der Waals surface area contributed by atoms with Crippen molar-refractivity contribution in [1.29, 1.82) is 0 Å². The maximum absolute atomic E-state index is 5.55. The van der Waals surface area contributed by atoms with Crippen LogP contribution in [0.15, 0.2) is 28.9 Å². The summed E-state index contributed by atoms with van der Waals surface area (Å²) in [4.78, 5) is 19.4. The average molecular weight is 311 g/mol. The largest absolute Gasteiger partial charge is 0.441 e. The van der Waals surface area contributed by atoms with E-state index >= 15 is 0 Å². The zero-order valence-corrected chi connectivity index (χ0v) is 12.8. The molecule has 8 nitrogen and oxygen atoms in total. The van der Waals surface area contributed by atoms with E-state index in [2.05, 4.69) is 35.5 Å². The van der Waals surface area contributed by atoms with Gasteiger partial charge in [0, 0.05) is 44.9 Å².